The summed E-state index contributed by atoms with van der Waals surface area (Å²) in [6.45, 7) is 1.08. The summed E-state index contributed by atoms with van der Waals surface area (Å²) in [4.78, 5) is 14.2. The number of rotatable bonds is 9. The van der Waals surface area contributed by atoms with Crippen molar-refractivity contribution in [2.45, 2.75) is 31.5 Å². The van der Waals surface area contributed by atoms with Crippen LogP contribution in [-0.4, -0.2) is 42.8 Å². The number of ether oxygens (including phenoxy) is 3. The molecule has 1 aliphatic heterocycles. The first-order valence-corrected chi connectivity index (χ1v) is 11.1. The van der Waals surface area contributed by atoms with Crippen LogP contribution in [0.4, 0.5) is 0 Å². The Balaban J connectivity index is 1.81. The first-order chi connectivity index (χ1) is 16.1. The molecular formula is C27H29NO5. The van der Waals surface area contributed by atoms with Crippen molar-refractivity contribution in [3.05, 3.63) is 89.5 Å². The van der Waals surface area contributed by atoms with Crippen molar-refractivity contribution in [3.63, 3.8) is 0 Å². The molecule has 0 aromatic heterocycles. The van der Waals surface area contributed by atoms with Gasteiger partial charge in [0.2, 0.25) is 0 Å². The first kappa shape index (κ1) is 22.7. The minimum absolute atomic E-state index is 0.370. The molecule has 3 aromatic rings. The molecule has 6 nitrogen and oxygen atoms in total. The maximum atomic E-state index is 12.1. The third-order valence-electron chi connectivity index (χ3n) is 6.09. The second-order valence-corrected chi connectivity index (χ2v) is 8.03. The van der Waals surface area contributed by atoms with Crippen LogP contribution in [0.1, 0.15) is 35.6 Å². The molecule has 1 N–H and O–H groups in total. The van der Waals surface area contributed by atoms with Gasteiger partial charge in [0.15, 0.2) is 11.5 Å². The van der Waals surface area contributed by atoms with Crippen molar-refractivity contribution in [2.24, 2.45) is 0 Å². The number of hydrogen-bond acceptors (Lipinski definition) is 5. The number of likely N-dealkylation sites (tertiary alicyclic amines) is 1. The van der Waals surface area contributed by atoms with E-state index in [1.807, 2.05) is 77.7 Å². The molecule has 1 aliphatic rings. The van der Waals surface area contributed by atoms with Gasteiger partial charge < -0.3 is 19.3 Å². The number of hydrogen-bond donors (Lipinski definition) is 1. The molecule has 0 aliphatic carbocycles. The molecule has 6 heteroatoms. The van der Waals surface area contributed by atoms with E-state index in [4.69, 9.17) is 14.2 Å². The fraction of sp³-hybridized carbons (Fsp3) is 0.296. The summed E-state index contributed by atoms with van der Waals surface area (Å²) < 4.78 is 17.6. The van der Waals surface area contributed by atoms with Gasteiger partial charge in [0, 0.05) is 17.7 Å². The number of nitrogens with zero attached hydrogens (tertiary/aromatic N) is 1. The van der Waals surface area contributed by atoms with Gasteiger partial charge in [0.25, 0.3) is 0 Å². The summed E-state index contributed by atoms with van der Waals surface area (Å²) in [5, 5.41) is 9.95. The van der Waals surface area contributed by atoms with Crippen LogP contribution in [0.5, 0.6) is 17.2 Å². The Morgan fingerprint density at radius 3 is 2.36 bits per heavy atom. The Morgan fingerprint density at radius 1 is 0.939 bits per heavy atom. The largest absolute Gasteiger partial charge is 0.493 e. The average Bonchev–Trinajstić information content (AvgIpc) is 3.34. The second-order valence-electron chi connectivity index (χ2n) is 8.03. The zero-order valence-electron chi connectivity index (χ0n) is 18.9. The molecule has 0 bridgehead atoms. The number of carboxylic acid groups (broad SMARTS) is 1. The topological polar surface area (TPSA) is 68.2 Å². The van der Waals surface area contributed by atoms with Crippen molar-refractivity contribution >= 4 is 5.97 Å². The molecule has 33 heavy (non-hydrogen) atoms. The van der Waals surface area contributed by atoms with Gasteiger partial charge in [0.05, 0.1) is 20.3 Å². The molecule has 172 valence electrons. The Bertz CT molecular complexity index is 1080. The molecule has 2 unspecified atom stereocenters. The minimum atomic E-state index is -0.818. The fourth-order valence-corrected chi connectivity index (χ4v) is 4.59. The molecule has 0 saturated carbocycles. The lowest BCUT2D eigenvalue weighted by Gasteiger charge is -2.34. The quantitative estimate of drug-likeness (QED) is 0.502. The summed E-state index contributed by atoms with van der Waals surface area (Å²) >= 11 is 0. The summed E-state index contributed by atoms with van der Waals surface area (Å²) in [5.74, 6) is 1.10. The van der Waals surface area contributed by atoms with Crippen LogP contribution in [0.25, 0.3) is 0 Å². The summed E-state index contributed by atoms with van der Waals surface area (Å²) in [6.07, 6.45) is 1.41. The lowest BCUT2D eigenvalue weighted by Crippen LogP contribution is -2.39. The Hall–Kier alpha value is -3.51. The molecule has 1 saturated heterocycles. The van der Waals surface area contributed by atoms with E-state index in [1.54, 1.807) is 14.2 Å². The molecule has 3 aromatic carbocycles. The van der Waals surface area contributed by atoms with Crippen LogP contribution in [0.15, 0.2) is 72.8 Å². The summed E-state index contributed by atoms with van der Waals surface area (Å²) in [7, 11) is 3.21. The van der Waals surface area contributed by atoms with Gasteiger partial charge in [-0.05, 0) is 30.5 Å². The van der Waals surface area contributed by atoms with E-state index >= 15 is 0 Å². The standard InChI is InChI=1S/C27H29NO5/c1-31-24-16-8-13-21(26(24)32-2)25(28-17-9-14-22(28)27(29)30)20-12-6-7-15-23(20)33-18-19-10-4-3-5-11-19/h3-8,10-13,15-16,22,25H,9,14,17-18H2,1-2H3,(H,29,30). The average molecular weight is 448 g/mol. The third kappa shape index (κ3) is 4.81. The zero-order chi connectivity index (χ0) is 23.2. The number of carbonyl (C=O) groups is 1. The minimum Gasteiger partial charge on any atom is -0.493 e. The maximum Gasteiger partial charge on any atom is 0.320 e. The molecule has 1 heterocycles. The van der Waals surface area contributed by atoms with E-state index in [1.165, 1.54) is 0 Å². The number of benzene rings is 3. The van der Waals surface area contributed by atoms with Crippen LogP contribution >= 0.6 is 0 Å². The van der Waals surface area contributed by atoms with E-state index in [0.717, 1.165) is 23.1 Å². The number of aliphatic carboxylic acids is 1. The second kappa shape index (κ2) is 10.4. The molecule has 0 spiro atoms. The molecule has 4 rings (SSSR count). The molecule has 2 atom stereocenters. The van der Waals surface area contributed by atoms with Crippen LogP contribution < -0.4 is 14.2 Å². The summed E-state index contributed by atoms with van der Waals surface area (Å²) in [6, 6.07) is 22.6. The Morgan fingerprint density at radius 2 is 1.64 bits per heavy atom. The molecule has 1 fully saturated rings. The monoisotopic (exact) mass is 447 g/mol. The van der Waals surface area contributed by atoms with Crippen LogP contribution in [0.2, 0.25) is 0 Å². The normalized spacial score (nSPS) is 16.8. The highest BCUT2D eigenvalue weighted by Gasteiger charge is 2.39. The van der Waals surface area contributed by atoms with Crippen molar-refractivity contribution in [1.29, 1.82) is 0 Å². The van der Waals surface area contributed by atoms with Crippen LogP contribution in [-0.2, 0) is 11.4 Å². The van der Waals surface area contributed by atoms with Gasteiger partial charge in [0.1, 0.15) is 18.4 Å². The Labute approximate surface area is 194 Å². The molecular weight excluding hydrogens is 418 g/mol. The SMILES string of the molecule is COc1cccc(C(c2ccccc2OCc2ccccc2)N2CCCC2C(=O)O)c1OC. The molecule has 0 radical (unpaired) electrons. The molecule has 0 amide bonds. The lowest BCUT2D eigenvalue weighted by atomic mass is 9.94. The number of carboxylic acids is 1. The van der Waals surface area contributed by atoms with E-state index in [0.29, 0.717) is 36.8 Å². The van der Waals surface area contributed by atoms with Crippen molar-refractivity contribution in [2.75, 3.05) is 20.8 Å². The van der Waals surface area contributed by atoms with Crippen molar-refractivity contribution < 1.29 is 24.1 Å². The van der Waals surface area contributed by atoms with Gasteiger partial charge in [-0.2, -0.15) is 0 Å². The van der Waals surface area contributed by atoms with E-state index < -0.39 is 12.0 Å². The van der Waals surface area contributed by atoms with Crippen LogP contribution in [0.3, 0.4) is 0 Å². The first-order valence-electron chi connectivity index (χ1n) is 11.1. The van der Waals surface area contributed by atoms with Crippen molar-refractivity contribution in [1.82, 2.24) is 4.90 Å². The maximum absolute atomic E-state index is 12.1. The van der Waals surface area contributed by atoms with Gasteiger partial charge >= 0.3 is 5.97 Å². The van der Waals surface area contributed by atoms with Gasteiger partial charge in [-0.1, -0.05) is 60.7 Å². The Kier molecular flexibility index (Phi) is 7.15. The van der Waals surface area contributed by atoms with Crippen molar-refractivity contribution in [3.8, 4) is 17.2 Å². The van der Waals surface area contributed by atoms with Gasteiger partial charge in [-0.25, -0.2) is 0 Å². The van der Waals surface area contributed by atoms with Gasteiger partial charge in [-0.3, -0.25) is 9.69 Å². The van der Waals surface area contributed by atoms with Gasteiger partial charge in [-0.15, -0.1) is 0 Å². The van der Waals surface area contributed by atoms with E-state index in [-0.39, 0.29) is 6.04 Å². The predicted molar refractivity (Wildman–Crippen MR) is 126 cm³/mol. The summed E-state index contributed by atoms with van der Waals surface area (Å²) in [5.41, 5.74) is 2.81. The predicted octanol–water partition coefficient (Wildman–Crippen LogP) is 4.92. The number of methoxy groups -OCH3 is 2. The number of para-hydroxylation sites is 2. The fourth-order valence-electron chi connectivity index (χ4n) is 4.59. The highest BCUT2D eigenvalue weighted by molar-refractivity contribution is 5.74. The smallest absolute Gasteiger partial charge is 0.320 e. The highest BCUT2D eigenvalue weighted by atomic mass is 16.5. The van der Waals surface area contributed by atoms with Crippen LogP contribution in [0, 0.1) is 0 Å². The van der Waals surface area contributed by atoms with E-state index in [2.05, 4.69) is 0 Å². The highest BCUT2D eigenvalue weighted by Crippen LogP contribution is 2.45. The third-order valence-corrected chi connectivity index (χ3v) is 6.09. The lowest BCUT2D eigenvalue weighted by molar-refractivity contribution is -0.142. The van der Waals surface area contributed by atoms with E-state index in [9.17, 15) is 9.90 Å². The zero-order valence-corrected chi connectivity index (χ0v) is 18.9.